The molecule has 0 bridgehead atoms. The maximum atomic E-state index is 13.6. The molecule has 1 N–H and O–H groups in total. The van der Waals surface area contributed by atoms with Gasteiger partial charge in [-0.05, 0) is 11.6 Å². The Morgan fingerprint density at radius 1 is 1.11 bits per heavy atom. The lowest BCUT2D eigenvalue weighted by Crippen LogP contribution is -2.13. The molecule has 0 aliphatic carbocycles. The van der Waals surface area contributed by atoms with Crippen molar-refractivity contribution in [3.05, 3.63) is 75.6 Å². The molecule has 4 nitrogen and oxygen atoms in total. The van der Waals surface area contributed by atoms with Crippen molar-refractivity contribution in [3.8, 4) is 0 Å². The van der Waals surface area contributed by atoms with Gasteiger partial charge in [-0.3, -0.25) is 10.1 Å². The molecule has 0 saturated carbocycles. The Morgan fingerprint density at radius 2 is 1.84 bits per heavy atom. The summed E-state index contributed by atoms with van der Waals surface area (Å²) in [4.78, 5) is 9.88. The maximum Gasteiger partial charge on any atom is 0.272 e. The molecule has 98 valence electrons. The largest absolute Gasteiger partial charge is 0.309 e. The molecule has 0 amide bonds. The molecule has 0 spiro atoms. The summed E-state index contributed by atoms with van der Waals surface area (Å²) in [5, 5.41) is 13.6. The molecule has 0 atom stereocenters. The van der Waals surface area contributed by atoms with Crippen LogP contribution < -0.4 is 5.32 Å². The van der Waals surface area contributed by atoms with Gasteiger partial charge >= 0.3 is 0 Å². The van der Waals surface area contributed by atoms with Crippen LogP contribution in [0.2, 0.25) is 0 Å². The Labute approximate surface area is 110 Å². The van der Waals surface area contributed by atoms with Gasteiger partial charge in [0.1, 0.15) is 5.82 Å². The summed E-state index contributed by atoms with van der Waals surface area (Å²) >= 11 is 0. The number of halogens is 1. The highest BCUT2D eigenvalue weighted by atomic mass is 19.1. The minimum Gasteiger partial charge on any atom is -0.309 e. The van der Waals surface area contributed by atoms with E-state index in [1.807, 2.05) is 30.3 Å². The number of nitro benzene ring substituents is 1. The van der Waals surface area contributed by atoms with E-state index in [9.17, 15) is 14.5 Å². The summed E-state index contributed by atoms with van der Waals surface area (Å²) in [6.07, 6.45) is 0. The zero-order chi connectivity index (χ0) is 13.7. The number of non-ortho nitro benzene ring substituents is 1. The van der Waals surface area contributed by atoms with E-state index in [0.29, 0.717) is 18.7 Å². The summed E-state index contributed by atoms with van der Waals surface area (Å²) in [7, 11) is 0. The Hall–Kier alpha value is -2.27. The van der Waals surface area contributed by atoms with Gasteiger partial charge in [0.25, 0.3) is 5.69 Å². The lowest BCUT2D eigenvalue weighted by atomic mass is 10.2. The van der Waals surface area contributed by atoms with Gasteiger partial charge in [0.05, 0.1) is 11.0 Å². The summed E-state index contributed by atoms with van der Waals surface area (Å²) in [6, 6.07) is 13.4. The molecule has 19 heavy (non-hydrogen) atoms. The molecule has 0 aliphatic heterocycles. The van der Waals surface area contributed by atoms with E-state index in [0.717, 1.165) is 11.6 Å². The van der Waals surface area contributed by atoms with Crippen LogP contribution in [0.25, 0.3) is 0 Å². The topological polar surface area (TPSA) is 55.2 Å². The first-order chi connectivity index (χ1) is 9.16. The third-order valence-electron chi connectivity index (χ3n) is 2.73. The fraction of sp³-hybridized carbons (Fsp3) is 0.143. The molecule has 5 heteroatoms. The zero-order valence-corrected chi connectivity index (χ0v) is 10.2. The van der Waals surface area contributed by atoms with E-state index in [-0.39, 0.29) is 5.69 Å². The summed E-state index contributed by atoms with van der Waals surface area (Å²) < 4.78 is 13.6. The molecule has 0 fully saturated rings. The van der Waals surface area contributed by atoms with Crippen LogP contribution in [-0.2, 0) is 13.1 Å². The second kappa shape index (κ2) is 6.06. The van der Waals surface area contributed by atoms with Crippen molar-refractivity contribution < 1.29 is 9.31 Å². The zero-order valence-electron chi connectivity index (χ0n) is 10.2. The van der Waals surface area contributed by atoms with Crippen LogP contribution in [0.4, 0.5) is 10.1 Å². The molecular weight excluding hydrogens is 247 g/mol. The molecule has 0 heterocycles. The quantitative estimate of drug-likeness (QED) is 0.664. The van der Waals surface area contributed by atoms with E-state index in [1.54, 1.807) is 0 Å². The molecule has 2 rings (SSSR count). The lowest BCUT2D eigenvalue weighted by Gasteiger charge is -2.06. The number of nitrogens with one attached hydrogen (secondary N) is 1. The van der Waals surface area contributed by atoms with Gasteiger partial charge in [0.2, 0.25) is 0 Å². The molecule has 0 saturated heterocycles. The Morgan fingerprint density at radius 3 is 2.47 bits per heavy atom. The monoisotopic (exact) mass is 260 g/mol. The van der Waals surface area contributed by atoms with Crippen LogP contribution in [0, 0.1) is 15.9 Å². The van der Waals surface area contributed by atoms with Crippen LogP contribution in [0.1, 0.15) is 11.1 Å². The second-order valence-corrected chi connectivity index (χ2v) is 4.12. The van der Waals surface area contributed by atoms with Gasteiger partial charge in [-0.1, -0.05) is 30.3 Å². The van der Waals surface area contributed by atoms with Crippen LogP contribution in [0.5, 0.6) is 0 Å². The van der Waals surface area contributed by atoms with E-state index >= 15 is 0 Å². The van der Waals surface area contributed by atoms with E-state index < -0.39 is 10.7 Å². The first-order valence-electron chi connectivity index (χ1n) is 5.84. The predicted octanol–water partition coefficient (Wildman–Crippen LogP) is 3.02. The molecule has 0 aromatic heterocycles. The van der Waals surface area contributed by atoms with Gasteiger partial charge in [-0.2, -0.15) is 0 Å². The maximum absolute atomic E-state index is 13.6. The van der Waals surface area contributed by atoms with Crippen molar-refractivity contribution in [1.82, 2.24) is 5.32 Å². The van der Waals surface area contributed by atoms with Gasteiger partial charge in [0, 0.05) is 24.7 Å². The van der Waals surface area contributed by atoms with Gasteiger partial charge in [0.15, 0.2) is 0 Å². The average molecular weight is 260 g/mol. The van der Waals surface area contributed by atoms with Crippen LogP contribution in [0.15, 0.2) is 48.5 Å². The highest BCUT2D eigenvalue weighted by Crippen LogP contribution is 2.16. The predicted molar refractivity (Wildman–Crippen MR) is 70.0 cm³/mol. The number of benzene rings is 2. The third-order valence-corrected chi connectivity index (χ3v) is 2.73. The molecule has 0 unspecified atom stereocenters. The van der Waals surface area contributed by atoms with Crippen molar-refractivity contribution in [2.24, 2.45) is 0 Å². The number of nitrogens with zero attached hydrogens (tertiary/aromatic N) is 1. The van der Waals surface area contributed by atoms with Crippen LogP contribution >= 0.6 is 0 Å². The number of nitro groups is 1. The Bertz CT molecular complexity index is 573. The van der Waals surface area contributed by atoms with Gasteiger partial charge in [-0.15, -0.1) is 0 Å². The molecule has 0 radical (unpaired) electrons. The van der Waals surface area contributed by atoms with E-state index in [2.05, 4.69) is 5.32 Å². The minimum absolute atomic E-state index is 0.232. The van der Waals surface area contributed by atoms with Crippen molar-refractivity contribution in [3.63, 3.8) is 0 Å². The number of hydrogen-bond donors (Lipinski definition) is 1. The van der Waals surface area contributed by atoms with Crippen molar-refractivity contribution in [1.29, 1.82) is 0 Å². The normalized spacial score (nSPS) is 10.4. The second-order valence-electron chi connectivity index (χ2n) is 4.12. The average Bonchev–Trinajstić information content (AvgIpc) is 2.41. The van der Waals surface area contributed by atoms with Crippen molar-refractivity contribution in [2.45, 2.75) is 13.1 Å². The molecule has 2 aromatic rings. The molecule has 0 aliphatic rings. The van der Waals surface area contributed by atoms with Crippen molar-refractivity contribution in [2.75, 3.05) is 0 Å². The van der Waals surface area contributed by atoms with E-state index in [4.69, 9.17) is 0 Å². The van der Waals surface area contributed by atoms with Gasteiger partial charge < -0.3 is 5.32 Å². The Kier molecular flexibility index (Phi) is 4.20. The standard InChI is InChI=1S/C14H13FN2O2/c15-14-8-13(17(18)19)7-6-12(14)10-16-9-11-4-2-1-3-5-11/h1-8,16H,9-10H2. The third kappa shape index (κ3) is 3.59. The van der Waals surface area contributed by atoms with E-state index in [1.165, 1.54) is 12.1 Å². The van der Waals surface area contributed by atoms with Crippen LogP contribution in [-0.4, -0.2) is 4.92 Å². The van der Waals surface area contributed by atoms with Crippen LogP contribution in [0.3, 0.4) is 0 Å². The van der Waals surface area contributed by atoms with Gasteiger partial charge in [-0.25, -0.2) is 4.39 Å². The molecular formula is C14H13FN2O2. The Balaban J connectivity index is 1.95. The molecule has 2 aromatic carbocycles. The fourth-order valence-corrected chi connectivity index (χ4v) is 1.73. The van der Waals surface area contributed by atoms with Crippen molar-refractivity contribution >= 4 is 5.69 Å². The fourth-order valence-electron chi connectivity index (χ4n) is 1.73. The summed E-state index contributed by atoms with van der Waals surface area (Å²) in [5.41, 5.74) is 1.29. The number of hydrogen-bond acceptors (Lipinski definition) is 3. The SMILES string of the molecule is O=[N+]([O-])c1ccc(CNCc2ccccc2)c(F)c1. The lowest BCUT2D eigenvalue weighted by molar-refractivity contribution is -0.385. The minimum atomic E-state index is -0.607. The smallest absolute Gasteiger partial charge is 0.272 e. The summed E-state index contributed by atoms with van der Waals surface area (Å²) in [6.45, 7) is 0.954. The highest BCUT2D eigenvalue weighted by molar-refractivity contribution is 5.34. The highest BCUT2D eigenvalue weighted by Gasteiger charge is 2.10. The first-order valence-corrected chi connectivity index (χ1v) is 5.84. The number of rotatable bonds is 5. The summed E-state index contributed by atoms with van der Waals surface area (Å²) in [5.74, 6) is -0.560. The first kappa shape index (κ1) is 13.2.